The Morgan fingerprint density at radius 2 is 2.18 bits per heavy atom. The summed E-state index contributed by atoms with van der Waals surface area (Å²) < 4.78 is 35.5. The van der Waals surface area contributed by atoms with Gasteiger partial charge in [0.15, 0.2) is 6.61 Å². The summed E-state index contributed by atoms with van der Waals surface area (Å²) >= 11 is 0. The standard InChI is InChI=1S/C11H11F3N2O/c1-8(16-17-7-11(12,13)14)10-4-2-3-9(5-10)6-15/h2-5,8,16H,7H2,1H3. The van der Waals surface area contributed by atoms with Gasteiger partial charge in [-0.2, -0.15) is 23.9 Å². The van der Waals surface area contributed by atoms with E-state index in [-0.39, 0.29) is 0 Å². The van der Waals surface area contributed by atoms with Gasteiger partial charge in [0.1, 0.15) is 0 Å². The van der Waals surface area contributed by atoms with E-state index in [0.717, 1.165) is 0 Å². The Kier molecular flexibility index (Phi) is 4.49. The molecular weight excluding hydrogens is 233 g/mol. The quantitative estimate of drug-likeness (QED) is 0.828. The molecule has 1 rings (SSSR count). The van der Waals surface area contributed by atoms with Crippen LogP contribution in [0.5, 0.6) is 0 Å². The lowest BCUT2D eigenvalue weighted by atomic mass is 10.1. The third kappa shape index (κ3) is 4.85. The van der Waals surface area contributed by atoms with Crippen molar-refractivity contribution in [1.29, 1.82) is 5.26 Å². The average Bonchev–Trinajstić information content (AvgIpc) is 2.27. The Balaban J connectivity index is 2.52. The number of nitrogens with one attached hydrogen (secondary N) is 1. The zero-order chi connectivity index (χ0) is 12.9. The highest BCUT2D eigenvalue weighted by atomic mass is 19.4. The third-order valence-electron chi connectivity index (χ3n) is 2.01. The molecule has 0 aliphatic rings. The number of hydroxylamine groups is 1. The maximum Gasteiger partial charge on any atom is 0.413 e. The smallest absolute Gasteiger partial charge is 0.292 e. The van der Waals surface area contributed by atoms with E-state index in [1.807, 2.05) is 6.07 Å². The second-order valence-corrected chi connectivity index (χ2v) is 3.48. The molecule has 0 fully saturated rings. The molecule has 1 atom stereocenters. The summed E-state index contributed by atoms with van der Waals surface area (Å²) in [5.74, 6) is 0. The fourth-order valence-electron chi connectivity index (χ4n) is 1.19. The molecule has 1 unspecified atom stereocenters. The molecule has 0 aromatic heterocycles. The van der Waals surface area contributed by atoms with E-state index in [2.05, 4.69) is 10.3 Å². The molecule has 0 saturated carbocycles. The van der Waals surface area contributed by atoms with Crippen LogP contribution in [0.4, 0.5) is 13.2 Å². The van der Waals surface area contributed by atoms with Crippen molar-refractivity contribution in [2.75, 3.05) is 6.61 Å². The van der Waals surface area contributed by atoms with Crippen LogP contribution in [0.25, 0.3) is 0 Å². The van der Waals surface area contributed by atoms with E-state index >= 15 is 0 Å². The molecule has 17 heavy (non-hydrogen) atoms. The Hall–Kier alpha value is -1.58. The summed E-state index contributed by atoms with van der Waals surface area (Å²) in [6.07, 6.45) is -4.36. The van der Waals surface area contributed by atoms with Crippen molar-refractivity contribution in [2.24, 2.45) is 0 Å². The van der Waals surface area contributed by atoms with Crippen LogP contribution in [0.1, 0.15) is 24.1 Å². The van der Waals surface area contributed by atoms with E-state index in [1.54, 1.807) is 31.2 Å². The van der Waals surface area contributed by atoms with E-state index < -0.39 is 18.8 Å². The van der Waals surface area contributed by atoms with Gasteiger partial charge < -0.3 is 0 Å². The Labute approximate surface area is 96.8 Å². The van der Waals surface area contributed by atoms with Crippen molar-refractivity contribution >= 4 is 0 Å². The van der Waals surface area contributed by atoms with Gasteiger partial charge in [-0.3, -0.25) is 4.84 Å². The van der Waals surface area contributed by atoms with Gasteiger partial charge in [0, 0.05) is 0 Å². The van der Waals surface area contributed by atoms with Crippen molar-refractivity contribution in [3.63, 3.8) is 0 Å². The first kappa shape index (κ1) is 13.5. The minimum Gasteiger partial charge on any atom is -0.292 e. The van der Waals surface area contributed by atoms with Crippen LogP contribution in [0.2, 0.25) is 0 Å². The number of alkyl halides is 3. The second-order valence-electron chi connectivity index (χ2n) is 3.48. The van der Waals surface area contributed by atoms with Crippen LogP contribution < -0.4 is 5.48 Å². The van der Waals surface area contributed by atoms with E-state index in [9.17, 15) is 13.2 Å². The summed E-state index contributed by atoms with van der Waals surface area (Å²) in [5.41, 5.74) is 3.41. The van der Waals surface area contributed by atoms with Crippen molar-refractivity contribution in [2.45, 2.75) is 19.1 Å². The van der Waals surface area contributed by atoms with Crippen molar-refractivity contribution in [3.05, 3.63) is 35.4 Å². The van der Waals surface area contributed by atoms with Gasteiger partial charge in [0.25, 0.3) is 0 Å². The first-order chi connectivity index (χ1) is 7.92. The van der Waals surface area contributed by atoms with Crippen LogP contribution in [0, 0.1) is 11.3 Å². The zero-order valence-electron chi connectivity index (χ0n) is 9.08. The fraction of sp³-hybridized carbons (Fsp3) is 0.364. The van der Waals surface area contributed by atoms with Gasteiger partial charge in [-0.1, -0.05) is 12.1 Å². The van der Waals surface area contributed by atoms with Crippen LogP contribution in [0.15, 0.2) is 24.3 Å². The average molecular weight is 244 g/mol. The summed E-state index contributed by atoms with van der Waals surface area (Å²) in [4.78, 5) is 4.33. The molecule has 0 aliphatic heterocycles. The first-order valence-corrected chi connectivity index (χ1v) is 4.86. The molecule has 6 heteroatoms. The van der Waals surface area contributed by atoms with E-state index in [0.29, 0.717) is 11.1 Å². The molecule has 3 nitrogen and oxygen atoms in total. The number of benzene rings is 1. The lowest BCUT2D eigenvalue weighted by Gasteiger charge is -2.15. The zero-order valence-corrected chi connectivity index (χ0v) is 9.08. The van der Waals surface area contributed by atoms with E-state index in [4.69, 9.17) is 5.26 Å². The van der Waals surface area contributed by atoms with Crippen LogP contribution in [0.3, 0.4) is 0 Å². The highest BCUT2D eigenvalue weighted by molar-refractivity contribution is 5.33. The molecule has 0 heterocycles. The highest BCUT2D eigenvalue weighted by Gasteiger charge is 2.28. The predicted molar refractivity (Wildman–Crippen MR) is 54.7 cm³/mol. The molecular formula is C11H11F3N2O. The molecule has 0 spiro atoms. The van der Waals surface area contributed by atoms with Gasteiger partial charge in [0.2, 0.25) is 0 Å². The molecule has 0 amide bonds. The fourth-order valence-corrected chi connectivity index (χ4v) is 1.19. The maximum atomic E-state index is 11.8. The third-order valence-corrected chi connectivity index (χ3v) is 2.01. The number of hydrogen-bond acceptors (Lipinski definition) is 3. The van der Waals surface area contributed by atoms with Crippen LogP contribution in [-0.2, 0) is 4.84 Å². The Morgan fingerprint density at radius 3 is 2.76 bits per heavy atom. The van der Waals surface area contributed by atoms with Crippen LogP contribution in [-0.4, -0.2) is 12.8 Å². The lowest BCUT2D eigenvalue weighted by molar-refractivity contribution is -0.192. The molecule has 1 N–H and O–H groups in total. The number of halogens is 3. The predicted octanol–water partition coefficient (Wildman–Crippen LogP) is 2.70. The van der Waals surface area contributed by atoms with Gasteiger partial charge in [-0.15, -0.1) is 0 Å². The molecule has 1 aromatic carbocycles. The SMILES string of the molecule is CC(NOCC(F)(F)F)c1cccc(C#N)c1. The number of nitrogens with zero attached hydrogens (tertiary/aromatic N) is 1. The van der Waals surface area contributed by atoms with Crippen LogP contribution >= 0.6 is 0 Å². The second kappa shape index (κ2) is 5.66. The molecule has 0 radical (unpaired) electrons. The van der Waals surface area contributed by atoms with Crippen molar-refractivity contribution < 1.29 is 18.0 Å². The number of rotatable bonds is 4. The molecule has 0 saturated heterocycles. The Morgan fingerprint density at radius 1 is 1.47 bits per heavy atom. The maximum absolute atomic E-state index is 11.8. The molecule has 0 aliphatic carbocycles. The minimum atomic E-state index is -4.36. The monoisotopic (exact) mass is 244 g/mol. The summed E-state index contributed by atoms with van der Waals surface area (Å²) in [6.45, 7) is 0.294. The molecule has 0 bridgehead atoms. The van der Waals surface area contributed by atoms with Gasteiger partial charge in [-0.05, 0) is 24.6 Å². The highest BCUT2D eigenvalue weighted by Crippen LogP contribution is 2.16. The number of hydrogen-bond donors (Lipinski definition) is 1. The number of nitriles is 1. The van der Waals surface area contributed by atoms with Crippen molar-refractivity contribution in [1.82, 2.24) is 5.48 Å². The van der Waals surface area contributed by atoms with Gasteiger partial charge in [-0.25, -0.2) is 0 Å². The lowest BCUT2D eigenvalue weighted by Crippen LogP contribution is -2.26. The van der Waals surface area contributed by atoms with Gasteiger partial charge >= 0.3 is 6.18 Å². The molecule has 92 valence electrons. The topological polar surface area (TPSA) is 45.0 Å². The van der Waals surface area contributed by atoms with Crippen molar-refractivity contribution in [3.8, 4) is 6.07 Å². The van der Waals surface area contributed by atoms with Gasteiger partial charge in [0.05, 0.1) is 17.7 Å². The largest absolute Gasteiger partial charge is 0.413 e. The first-order valence-electron chi connectivity index (χ1n) is 4.86. The Bertz CT molecular complexity index is 412. The normalized spacial score (nSPS) is 13.1. The summed E-state index contributed by atoms with van der Waals surface area (Å²) in [7, 11) is 0. The minimum absolute atomic E-state index is 0.425. The van der Waals surface area contributed by atoms with E-state index in [1.165, 1.54) is 0 Å². The summed E-state index contributed by atoms with van der Waals surface area (Å²) in [6, 6.07) is 8.10. The molecule has 1 aromatic rings. The summed E-state index contributed by atoms with van der Waals surface area (Å²) in [5, 5.41) is 8.68.